The summed E-state index contributed by atoms with van der Waals surface area (Å²) in [5, 5.41) is 3.60. The molecule has 2 nitrogen and oxygen atoms in total. The predicted molar refractivity (Wildman–Crippen MR) is 92.2 cm³/mol. The molecule has 0 bridgehead atoms. The number of hydrogen-bond donors (Lipinski definition) is 1. The Morgan fingerprint density at radius 2 is 1.80 bits per heavy atom. The van der Waals surface area contributed by atoms with Gasteiger partial charge in [-0.05, 0) is 57.2 Å². The number of unbranched alkanes of at least 4 members (excludes halogenated alkanes) is 2. The van der Waals surface area contributed by atoms with Crippen LogP contribution in [0.5, 0.6) is 0 Å². The lowest BCUT2D eigenvalue weighted by Gasteiger charge is -2.23. The van der Waals surface area contributed by atoms with Gasteiger partial charge in [0.2, 0.25) is 0 Å². The molecule has 1 atom stereocenters. The summed E-state index contributed by atoms with van der Waals surface area (Å²) in [7, 11) is 2.24. The molecule has 114 valence electrons. The molecule has 0 amide bonds. The van der Waals surface area contributed by atoms with Crippen LogP contribution in [-0.4, -0.2) is 31.6 Å². The van der Waals surface area contributed by atoms with Crippen molar-refractivity contribution in [2.24, 2.45) is 0 Å². The molecular formula is C17H29BrN2. The van der Waals surface area contributed by atoms with E-state index in [1.807, 2.05) is 0 Å². The second-order valence-corrected chi connectivity index (χ2v) is 6.38. The van der Waals surface area contributed by atoms with E-state index in [9.17, 15) is 0 Å². The van der Waals surface area contributed by atoms with E-state index in [-0.39, 0.29) is 0 Å². The fourth-order valence-electron chi connectivity index (χ4n) is 2.42. The number of nitrogens with one attached hydrogen (secondary N) is 1. The van der Waals surface area contributed by atoms with Crippen molar-refractivity contribution in [1.82, 2.24) is 10.2 Å². The first-order valence-electron chi connectivity index (χ1n) is 7.84. The molecule has 0 aliphatic heterocycles. The lowest BCUT2D eigenvalue weighted by Crippen LogP contribution is -2.27. The van der Waals surface area contributed by atoms with Gasteiger partial charge < -0.3 is 10.2 Å². The van der Waals surface area contributed by atoms with Gasteiger partial charge in [0.05, 0.1) is 0 Å². The van der Waals surface area contributed by atoms with Crippen LogP contribution in [0.1, 0.15) is 51.1 Å². The minimum atomic E-state index is 0.460. The SMILES string of the molecule is CCCCCN(C)CCC(NCC)c1ccc(Br)cc1. The van der Waals surface area contributed by atoms with Crippen molar-refractivity contribution in [3.05, 3.63) is 34.3 Å². The minimum absolute atomic E-state index is 0.460. The fraction of sp³-hybridized carbons (Fsp3) is 0.647. The first-order valence-corrected chi connectivity index (χ1v) is 8.64. The van der Waals surface area contributed by atoms with Crippen LogP contribution in [0.25, 0.3) is 0 Å². The van der Waals surface area contributed by atoms with Gasteiger partial charge in [-0.2, -0.15) is 0 Å². The van der Waals surface area contributed by atoms with Gasteiger partial charge in [-0.1, -0.05) is 54.8 Å². The van der Waals surface area contributed by atoms with E-state index in [0.717, 1.165) is 24.0 Å². The zero-order valence-corrected chi connectivity index (χ0v) is 14.7. The Kier molecular flexibility index (Phi) is 9.16. The topological polar surface area (TPSA) is 15.3 Å². The predicted octanol–water partition coefficient (Wildman–Crippen LogP) is 4.61. The molecule has 20 heavy (non-hydrogen) atoms. The van der Waals surface area contributed by atoms with Gasteiger partial charge in [0, 0.05) is 10.5 Å². The summed E-state index contributed by atoms with van der Waals surface area (Å²) < 4.78 is 1.15. The Bertz CT molecular complexity index is 351. The van der Waals surface area contributed by atoms with E-state index >= 15 is 0 Å². The molecule has 0 saturated carbocycles. The van der Waals surface area contributed by atoms with Crippen LogP contribution in [0.15, 0.2) is 28.7 Å². The number of halogens is 1. The number of hydrogen-bond acceptors (Lipinski definition) is 2. The van der Waals surface area contributed by atoms with Crippen molar-refractivity contribution in [1.29, 1.82) is 0 Å². The minimum Gasteiger partial charge on any atom is -0.310 e. The van der Waals surface area contributed by atoms with Gasteiger partial charge in [0.1, 0.15) is 0 Å². The maximum Gasteiger partial charge on any atom is 0.0332 e. The highest BCUT2D eigenvalue weighted by molar-refractivity contribution is 9.10. The first-order chi connectivity index (χ1) is 9.67. The summed E-state index contributed by atoms with van der Waals surface area (Å²) in [6.07, 6.45) is 5.12. The number of benzene rings is 1. The van der Waals surface area contributed by atoms with Gasteiger partial charge >= 0.3 is 0 Å². The molecule has 0 spiro atoms. The highest BCUT2D eigenvalue weighted by Crippen LogP contribution is 2.20. The molecule has 0 saturated heterocycles. The van der Waals surface area contributed by atoms with Gasteiger partial charge in [-0.15, -0.1) is 0 Å². The third kappa shape index (κ3) is 6.87. The van der Waals surface area contributed by atoms with Gasteiger partial charge in [0.15, 0.2) is 0 Å². The third-order valence-electron chi connectivity index (χ3n) is 3.67. The zero-order chi connectivity index (χ0) is 14.8. The third-order valence-corrected chi connectivity index (χ3v) is 4.19. The highest BCUT2D eigenvalue weighted by Gasteiger charge is 2.11. The molecule has 0 aliphatic carbocycles. The average Bonchev–Trinajstić information content (AvgIpc) is 2.45. The standard InChI is InChI=1S/C17H29BrN2/c1-4-6-7-13-20(3)14-12-17(19-5-2)15-8-10-16(18)11-9-15/h8-11,17,19H,4-7,12-14H2,1-3H3. The van der Waals surface area contributed by atoms with Gasteiger partial charge in [-0.3, -0.25) is 0 Å². The van der Waals surface area contributed by atoms with Crippen molar-refractivity contribution in [3.63, 3.8) is 0 Å². The molecule has 3 heteroatoms. The van der Waals surface area contributed by atoms with Crippen molar-refractivity contribution in [2.75, 3.05) is 26.7 Å². The second kappa shape index (κ2) is 10.4. The maximum atomic E-state index is 3.60. The van der Waals surface area contributed by atoms with Gasteiger partial charge in [-0.25, -0.2) is 0 Å². The molecule has 1 rings (SSSR count). The smallest absolute Gasteiger partial charge is 0.0332 e. The second-order valence-electron chi connectivity index (χ2n) is 5.46. The van der Waals surface area contributed by atoms with E-state index in [4.69, 9.17) is 0 Å². The van der Waals surface area contributed by atoms with Crippen LogP contribution in [-0.2, 0) is 0 Å². The van der Waals surface area contributed by atoms with Gasteiger partial charge in [0.25, 0.3) is 0 Å². The quantitative estimate of drug-likeness (QED) is 0.625. The molecule has 0 heterocycles. The molecule has 0 aliphatic rings. The Balaban J connectivity index is 2.44. The molecule has 1 N–H and O–H groups in total. The van der Waals surface area contributed by atoms with E-state index in [1.165, 1.54) is 31.4 Å². The van der Waals surface area contributed by atoms with Crippen LogP contribution < -0.4 is 5.32 Å². The van der Waals surface area contributed by atoms with Crippen molar-refractivity contribution in [3.8, 4) is 0 Å². The van der Waals surface area contributed by atoms with E-state index < -0.39 is 0 Å². The highest BCUT2D eigenvalue weighted by atomic mass is 79.9. The van der Waals surface area contributed by atoms with E-state index in [0.29, 0.717) is 6.04 Å². The molecule has 0 radical (unpaired) electrons. The largest absolute Gasteiger partial charge is 0.310 e. The normalized spacial score (nSPS) is 12.8. The molecule has 1 aromatic carbocycles. The fourth-order valence-corrected chi connectivity index (χ4v) is 2.69. The van der Waals surface area contributed by atoms with E-state index in [1.54, 1.807) is 0 Å². The summed E-state index contributed by atoms with van der Waals surface area (Å²) in [4.78, 5) is 2.46. The average molecular weight is 341 g/mol. The van der Waals surface area contributed by atoms with Crippen LogP contribution >= 0.6 is 15.9 Å². The van der Waals surface area contributed by atoms with Crippen LogP contribution in [0.3, 0.4) is 0 Å². The Morgan fingerprint density at radius 1 is 1.10 bits per heavy atom. The van der Waals surface area contributed by atoms with Crippen LogP contribution in [0.2, 0.25) is 0 Å². The number of nitrogens with zero attached hydrogens (tertiary/aromatic N) is 1. The summed E-state index contributed by atoms with van der Waals surface area (Å²) in [6, 6.07) is 9.15. The van der Waals surface area contributed by atoms with Crippen molar-refractivity contribution < 1.29 is 0 Å². The molecule has 1 aromatic rings. The lowest BCUT2D eigenvalue weighted by molar-refractivity contribution is 0.301. The Labute approximate surface area is 133 Å². The molecular weight excluding hydrogens is 312 g/mol. The van der Waals surface area contributed by atoms with Crippen LogP contribution in [0, 0.1) is 0 Å². The summed E-state index contributed by atoms with van der Waals surface area (Å²) in [6.45, 7) is 7.82. The maximum absolute atomic E-state index is 3.60. The van der Waals surface area contributed by atoms with Crippen LogP contribution in [0.4, 0.5) is 0 Å². The molecule has 1 unspecified atom stereocenters. The van der Waals surface area contributed by atoms with Crippen molar-refractivity contribution in [2.45, 2.75) is 45.6 Å². The zero-order valence-electron chi connectivity index (χ0n) is 13.2. The summed E-state index contributed by atoms with van der Waals surface area (Å²) in [5.41, 5.74) is 1.39. The van der Waals surface area contributed by atoms with Crippen molar-refractivity contribution >= 4 is 15.9 Å². The molecule has 0 fully saturated rings. The van der Waals surface area contributed by atoms with E-state index in [2.05, 4.69) is 71.3 Å². The Morgan fingerprint density at radius 3 is 2.40 bits per heavy atom. The monoisotopic (exact) mass is 340 g/mol. The summed E-state index contributed by atoms with van der Waals surface area (Å²) in [5.74, 6) is 0. The summed E-state index contributed by atoms with van der Waals surface area (Å²) >= 11 is 3.50. The lowest BCUT2D eigenvalue weighted by atomic mass is 10.0. The Hall–Kier alpha value is -0.380. The first kappa shape index (κ1) is 17.7. The molecule has 0 aromatic heterocycles. The number of rotatable bonds is 10.